The van der Waals surface area contributed by atoms with Gasteiger partial charge < -0.3 is 14.8 Å². The maximum atomic E-state index is 12.1. The lowest BCUT2D eigenvalue weighted by molar-refractivity contribution is -0.119. The molecule has 1 amide bonds. The van der Waals surface area contributed by atoms with Crippen LogP contribution in [0.5, 0.6) is 11.5 Å². The van der Waals surface area contributed by atoms with Crippen LogP contribution < -0.4 is 14.8 Å². The molecular weight excluding hydrogens is 310 g/mol. The normalized spacial score (nSPS) is 11.6. The Morgan fingerprint density at radius 3 is 2.43 bits per heavy atom. The van der Waals surface area contributed by atoms with E-state index in [1.807, 2.05) is 55.5 Å². The number of nitrogens with one attached hydrogen (secondary N) is 1. The maximum Gasteiger partial charge on any atom is 0.230 e. The number of rotatable bonds is 7. The summed E-state index contributed by atoms with van der Waals surface area (Å²) < 4.78 is 10.5. The number of carbonyl (C=O) groups is 1. The highest BCUT2D eigenvalue weighted by atomic mass is 32.2. The molecule has 0 radical (unpaired) electrons. The molecule has 0 aromatic heterocycles. The lowest BCUT2D eigenvalue weighted by Crippen LogP contribution is -2.28. The van der Waals surface area contributed by atoms with Gasteiger partial charge in [-0.25, -0.2) is 0 Å². The van der Waals surface area contributed by atoms with Crippen LogP contribution in [0.25, 0.3) is 0 Å². The fraction of sp³-hybridized carbons (Fsp3) is 0.278. The van der Waals surface area contributed by atoms with E-state index in [4.69, 9.17) is 9.47 Å². The van der Waals surface area contributed by atoms with Gasteiger partial charge in [-0.3, -0.25) is 4.79 Å². The molecule has 0 heterocycles. The fourth-order valence-corrected chi connectivity index (χ4v) is 2.90. The van der Waals surface area contributed by atoms with Crippen LogP contribution in [0.4, 0.5) is 0 Å². The van der Waals surface area contributed by atoms with Gasteiger partial charge in [0, 0.05) is 4.90 Å². The summed E-state index contributed by atoms with van der Waals surface area (Å²) in [6, 6.07) is 15.5. The Hall–Kier alpha value is -2.14. The van der Waals surface area contributed by atoms with Gasteiger partial charge in [-0.1, -0.05) is 30.3 Å². The molecule has 1 N–H and O–H groups in total. The zero-order valence-electron chi connectivity index (χ0n) is 13.5. The third kappa shape index (κ3) is 4.93. The minimum absolute atomic E-state index is 0.00105. The van der Waals surface area contributed by atoms with Crippen molar-refractivity contribution in [2.24, 2.45) is 0 Å². The van der Waals surface area contributed by atoms with Crippen LogP contribution in [0.1, 0.15) is 18.5 Å². The summed E-state index contributed by atoms with van der Waals surface area (Å²) in [6.45, 7) is 1.98. The summed E-state index contributed by atoms with van der Waals surface area (Å²) in [5.74, 6) is 1.70. The minimum atomic E-state index is -0.00490. The molecule has 1 unspecified atom stereocenters. The number of hydrogen-bond acceptors (Lipinski definition) is 4. The zero-order valence-corrected chi connectivity index (χ0v) is 14.4. The van der Waals surface area contributed by atoms with Crippen molar-refractivity contribution >= 4 is 17.7 Å². The summed E-state index contributed by atoms with van der Waals surface area (Å²) in [5, 5.41) is 3.00. The van der Waals surface area contributed by atoms with Gasteiger partial charge in [0.05, 0.1) is 26.0 Å². The number of methoxy groups -OCH3 is 2. The van der Waals surface area contributed by atoms with Crippen molar-refractivity contribution in [2.75, 3.05) is 20.0 Å². The first kappa shape index (κ1) is 17.2. The first-order chi connectivity index (χ1) is 11.1. The van der Waals surface area contributed by atoms with Crippen LogP contribution in [0.3, 0.4) is 0 Å². The third-order valence-corrected chi connectivity index (χ3v) is 4.40. The Labute approximate surface area is 141 Å². The van der Waals surface area contributed by atoms with E-state index in [1.165, 1.54) is 11.8 Å². The van der Waals surface area contributed by atoms with Gasteiger partial charge in [-0.15, -0.1) is 11.8 Å². The summed E-state index contributed by atoms with van der Waals surface area (Å²) in [5.41, 5.74) is 1.09. The van der Waals surface area contributed by atoms with E-state index in [9.17, 15) is 4.79 Å². The van der Waals surface area contributed by atoms with E-state index < -0.39 is 0 Å². The standard InChI is InChI=1S/C18H21NO3S/c1-13(14-7-5-4-6-8-14)19-18(20)12-23-15-9-10-16(21-2)17(11-15)22-3/h4-11,13H,12H2,1-3H3,(H,19,20). The largest absolute Gasteiger partial charge is 0.493 e. The molecule has 0 aliphatic rings. The van der Waals surface area contributed by atoms with Crippen molar-refractivity contribution in [1.82, 2.24) is 5.32 Å². The highest BCUT2D eigenvalue weighted by Gasteiger charge is 2.11. The van der Waals surface area contributed by atoms with E-state index in [-0.39, 0.29) is 11.9 Å². The number of ether oxygens (including phenoxy) is 2. The van der Waals surface area contributed by atoms with Gasteiger partial charge >= 0.3 is 0 Å². The second-order valence-corrected chi connectivity index (χ2v) is 6.05. The van der Waals surface area contributed by atoms with E-state index in [0.717, 1.165) is 10.5 Å². The summed E-state index contributed by atoms with van der Waals surface area (Å²) in [4.78, 5) is 13.1. The molecule has 2 rings (SSSR count). The second-order valence-electron chi connectivity index (χ2n) is 5.01. The molecule has 2 aromatic rings. The SMILES string of the molecule is COc1ccc(SCC(=O)NC(C)c2ccccc2)cc1OC. The lowest BCUT2D eigenvalue weighted by atomic mass is 10.1. The molecule has 0 aliphatic carbocycles. The van der Waals surface area contributed by atoms with Crippen LogP contribution in [0, 0.1) is 0 Å². The Morgan fingerprint density at radius 1 is 1.09 bits per heavy atom. The van der Waals surface area contributed by atoms with Crippen LogP contribution >= 0.6 is 11.8 Å². The highest BCUT2D eigenvalue weighted by molar-refractivity contribution is 8.00. The van der Waals surface area contributed by atoms with Crippen molar-refractivity contribution in [1.29, 1.82) is 0 Å². The fourth-order valence-electron chi connectivity index (χ4n) is 2.16. The van der Waals surface area contributed by atoms with Gasteiger partial charge in [-0.2, -0.15) is 0 Å². The summed E-state index contributed by atoms with van der Waals surface area (Å²) >= 11 is 1.47. The smallest absolute Gasteiger partial charge is 0.230 e. The van der Waals surface area contributed by atoms with Crippen LogP contribution in [0.15, 0.2) is 53.4 Å². The van der Waals surface area contributed by atoms with Gasteiger partial charge in [0.25, 0.3) is 0 Å². The van der Waals surface area contributed by atoms with Gasteiger partial charge in [0.15, 0.2) is 11.5 Å². The molecule has 23 heavy (non-hydrogen) atoms. The maximum absolute atomic E-state index is 12.1. The number of carbonyl (C=O) groups excluding carboxylic acids is 1. The van der Waals surface area contributed by atoms with E-state index in [1.54, 1.807) is 14.2 Å². The van der Waals surface area contributed by atoms with Crippen LogP contribution in [-0.2, 0) is 4.79 Å². The molecule has 0 aliphatic heterocycles. The predicted molar refractivity (Wildman–Crippen MR) is 93.3 cm³/mol. The quantitative estimate of drug-likeness (QED) is 0.786. The number of thioether (sulfide) groups is 1. The lowest BCUT2D eigenvalue weighted by Gasteiger charge is -2.14. The van der Waals surface area contributed by atoms with Gasteiger partial charge in [0.2, 0.25) is 5.91 Å². The second kappa shape index (κ2) is 8.48. The van der Waals surface area contributed by atoms with Gasteiger partial charge in [-0.05, 0) is 30.7 Å². The molecule has 0 saturated carbocycles. The molecule has 1 atom stereocenters. The first-order valence-electron chi connectivity index (χ1n) is 7.33. The predicted octanol–water partition coefficient (Wildman–Crippen LogP) is 3.67. The Morgan fingerprint density at radius 2 is 1.78 bits per heavy atom. The molecule has 0 spiro atoms. The zero-order chi connectivity index (χ0) is 16.7. The molecule has 0 bridgehead atoms. The van der Waals surface area contributed by atoms with Crippen molar-refractivity contribution in [2.45, 2.75) is 17.9 Å². The highest BCUT2D eigenvalue weighted by Crippen LogP contribution is 2.31. The van der Waals surface area contributed by atoms with Crippen LogP contribution in [0.2, 0.25) is 0 Å². The molecule has 4 nitrogen and oxygen atoms in total. The van der Waals surface area contributed by atoms with E-state index in [2.05, 4.69) is 5.32 Å². The molecule has 122 valence electrons. The topological polar surface area (TPSA) is 47.6 Å². The number of hydrogen-bond donors (Lipinski definition) is 1. The molecular formula is C18H21NO3S. The number of amides is 1. The Kier molecular flexibility index (Phi) is 6.35. The Bertz CT molecular complexity index is 646. The molecule has 0 saturated heterocycles. The third-order valence-electron chi connectivity index (χ3n) is 3.40. The molecule has 5 heteroatoms. The van der Waals surface area contributed by atoms with Crippen molar-refractivity contribution in [3.63, 3.8) is 0 Å². The average Bonchev–Trinajstić information content (AvgIpc) is 2.60. The minimum Gasteiger partial charge on any atom is -0.493 e. The van der Waals surface area contributed by atoms with E-state index in [0.29, 0.717) is 17.3 Å². The number of benzene rings is 2. The Balaban J connectivity index is 1.89. The van der Waals surface area contributed by atoms with E-state index >= 15 is 0 Å². The summed E-state index contributed by atoms with van der Waals surface area (Å²) in [6.07, 6.45) is 0. The average molecular weight is 331 g/mol. The monoisotopic (exact) mass is 331 g/mol. The summed E-state index contributed by atoms with van der Waals surface area (Å²) in [7, 11) is 3.20. The van der Waals surface area contributed by atoms with Crippen LogP contribution in [-0.4, -0.2) is 25.9 Å². The first-order valence-corrected chi connectivity index (χ1v) is 8.31. The van der Waals surface area contributed by atoms with Gasteiger partial charge in [0.1, 0.15) is 0 Å². The van der Waals surface area contributed by atoms with Crippen molar-refractivity contribution < 1.29 is 14.3 Å². The van der Waals surface area contributed by atoms with Crippen molar-refractivity contribution in [3.8, 4) is 11.5 Å². The molecule has 2 aromatic carbocycles. The molecule has 0 fully saturated rings. The van der Waals surface area contributed by atoms with Crippen molar-refractivity contribution in [3.05, 3.63) is 54.1 Å².